The van der Waals surface area contributed by atoms with Gasteiger partial charge in [-0.05, 0) is 45.2 Å². The first-order valence-corrected chi connectivity index (χ1v) is 7.43. The molecule has 0 aliphatic rings. The van der Waals surface area contributed by atoms with Crippen molar-refractivity contribution < 1.29 is 9.15 Å². The first-order chi connectivity index (χ1) is 9.02. The quantitative estimate of drug-likeness (QED) is 0.686. The normalized spacial score (nSPS) is 13.2. The molecule has 1 rings (SSSR count). The summed E-state index contributed by atoms with van der Waals surface area (Å²) in [6, 6.07) is 2.11. The van der Waals surface area contributed by atoms with Gasteiger partial charge < -0.3 is 14.5 Å². The monoisotopic (exact) mass is 267 g/mol. The van der Waals surface area contributed by atoms with Gasteiger partial charge in [0.1, 0.15) is 11.5 Å². The van der Waals surface area contributed by atoms with Crippen molar-refractivity contribution >= 4 is 0 Å². The summed E-state index contributed by atoms with van der Waals surface area (Å²) in [5.41, 5.74) is 1.17. The molecule has 0 saturated carbocycles. The first kappa shape index (κ1) is 16.3. The topological polar surface area (TPSA) is 34.4 Å². The molecule has 1 unspecified atom stereocenters. The Hall–Kier alpha value is -0.800. The third-order valence-corrected chi connectivity index (χ3v) is 3.12. The number of hydrogen-bond acceptors (Lipinski definition) is 3. The molecule has 1 heterocycles. The minimum Gasteiger partial charge on any atom is -0.465 e. The van der Waals surface area contributed by atoms with Crippen molar-refractivity contribution in [1.82, 2.24) is 5.32 Å². The van der Waals surface area contributed by atoms with Crippen LogP contribution in [0.15, 0.2) is 10.5 Å². The molecule has 0 aliphatic carbocycles. The maximum atomic E-state index is 5.88. The fourth-order valence-electron chi connectivity index (χ4n) is 2.17. The van der Waals surface area contributed by atoms with Crippen LogP contribution in [0.3, 0.4) is 0 Å². The molecule has 0 radical (unpaired) electrons. The summed E-state index contributed by atoms with van der Waals surface area (Å²) in [5.74, 6) is 2.65. The number of ether oxygens (including phenoxy) is 1. The minimum absolute atomic E-state index is 0.302. The van der Waals surface area contributed by atoms with Crippen LogP contribution in [0, 0.1) is 12.8 Å². The van der Waals surface area contributed by atoms with Crippen molar-refractivity contribution in [2.75, 3.05) is 6.54 Å². The molecule has 0 aromatic carbocycles. The van der Waals surface area contributed by atoms with Crippen molar-refractivity contribution in [3.8, 4) is 0 Å². The van der Waals surface area contributed by atoms with E-state index in [1.54, 1.807) is 0 Å². The Morgan fingerprint density at radius 1 is 1.32 bits per heavy atom. The standard InChI is InChI=1S/C16H29NO2/c1-6-7-17-10-16-9-15(14(5)19-16)11-18-13(4)8-12(2)3/h9,12-13,17H,6-8,10-11H2,1-5H3. The molecule has 0 saturated heterocycles. The summed E-state index contributed by atoms with van der Waals surface area (Å²) in [5, 5.41) is 3.35. The van der Waals surface area contributed by atoms with E-state index in [1.807, 2.05) is 6.92 Å². The van der Waals surface area contributed by atoms with E-state index < -0.39 is 0 Å². The number of hydrogen-bond donors (Lipinski definition) is 1. The van der Waals surface area contributed by atoms with Gasteiger partial charge in [-0.3, -0.25) is 0 Å². The van der Waals surface area contributed by atoms with E-state index in [1.165, 1.54) is 5.56 Å². The van der Waals surface area contributed by atoms with Gasteiger partial charge >= 0.3 is 0 Å². The second-order valence-electron chi connectivity index (χ2n) is 5.72. The highest BCUT2D eigenvalue weighted by molar-refractivity contribution is 5.19. The SMILES string of the molecule is CCCNCc1cc(COC(C)CC(C)C)c(C)o1. The predicted molar refractivity (Wildman–Crippen MR) is 79.1 cm³/mol. The lowest BCUT2D eigenvalue weighted by atomic mass is 10.1. The van der Waals surface area contributed by atoms with Gasteiger partial charge in [0.2, 0.25) is 0 Å². The molecule has 1 aromatic heterocycles. The number of furan rings is 1. The Kier molecular flexibility index (Phi) is 7.17. The summed E-state index contributed by atoms with van der Waals surface area (Å²) in [6.07, 6.45) is 2.54. The van der Waals surface area contributed by atoms with Crippen LogP contribution in [-0.2, 0) is 17.9 Å². The highest BCUT2D eigenvalue weighted by Gasteiger charge is 2.10. The number of nitrogens with one attached hydrogen (secondary N) is 1. The highest BCUT2D eigenvalue weighted by atomic mass is 16.5. The molecular weight excluding hydrogens is 238 g/mol. The number of aryl methyl sites for hydroxylation is 1. The Morgan fingerprint density at radius 2 is 2.05 bits per heavy atom. The maximum Gasteiger partial charge on any atom is 0.118 e. The molecular formula is C16H29NO2. The van der Waals surface area contributed by atoms with Gasteiger partial charge in [0, 0.05) is 5.56 Å². The van der Waals surface area contributed by atoms with Crippen LogP contribution in [0.4, 0.5) is 0 Å². The molecule has 3 heteroatoms. The predicted octanol–water partition coefficient (Wildman–Crippen LogP) is 4.04. The smallest absolute Gasteiger partial charge is 0.118 e. The zero-order valence-corrected chi connectivity index (χ0v) is 13.1. The van der Waals surface area contributed by atoms with Gasteiger partial charge in [0.15, 0.2) is 0 Å². The molecule has 0 spiro atoms. The molecule has 3 nitrogen and oxygen atoms in total. The van der Waals surface area contributed by atoms with Crippen LogP contribution < -0.4 is 5.32 Å². The highest BCUT2D eigenvalue weighted by Crippen LogP contribution is 2.17. The molecule has 1 N–H and O–H groups in total. The third-order valence-electron chi connectivity index (χ3n) is 3.12. The second-order valence-corrected chi connectivity index (χ2v) is 5.72. The Bertz CT molecular complexity index is 358. The van der Waals surface area contributed by atoms with Gasteiger partial charge in [-0.1, -0.05) is 20.8 Å². The Balaban J connectivity index is 2.41. The van der Waals surface area contributed by atoms with Crippen molar-refractivity contribution in [2.45, 2.75) is 66.7 Å². The van der Waals surface area contributed by atoms with Gasteiger partial charge in [0.25, 0.3) is 0 Å². The Morgan fingerprint density at radius 3 is 2.68 bits per heavy atom. The van der Waals surface area contributed by atoms with Crippen LogP contribution in [0.1, 0.15) is 57.6 Å². The van der Waals surface area contributed by atoms with Crippen molar-refractivity contribution in [1.29, 1.82) is 0 Å². The molecule has 1 atom stereocenters. The van der Waals surface area contributed by atoms with E-state index in [0.717, 1.165) is 37.5 Å². The third kappa shape index (κ3) is 6.26. The zero-order chi connectivity index (χ0) is 14.3. The van der Waals surface area contributed by atoms with E-state index >= 15 is 0 Å². The molecule has 1 aromatic rings. The van der Waals surface area contributed by atoms with E-state index in [0.29, 0.717) is 18.6 Å². The molecule has 0 fully saturated rings. The lowest BCUT2D eigenvalue weighted by molar-refractivity contribution is 0.0391. The van der Waals surface area contributed by atoms with Crippen molar-refractivity contribution in [3.63, 3.8) is 0 Å². The van der Waals surface area contributed by atoms with E-state index in [2.05, 4.69) is 39.1 Å². The minimum atomic E-state index is 0.302. The van der Waals surface area contributed by atoms with Crippen LogP contribution in [-0.4, -0.2) is 12.6 Å². The molecule has 19 heavy (non-hydrogen) atoms. The zero-order valence-electron chi connectivity index (χ0n) is 13.1. The fraction of sp³-hybridized carbons (Fsp3) is 0.750. The fourth-order valence-corrected chi connectivity index (χ4v) is 2.17. The molecule has 0 amide bonds. The summed E-state index contributed by atoms with van der Waals surface area (Å²) in [7, 11) is 0. The summed E-state index contributed by atoms with van der Waals surface area (Å²) < 4.78 is 11.6. The van der Waals surface area contributed by atoms with E-state index in [-0.39, 0.29) is 0 Å². The lowest BCUT2D eigenvalue weighted by Gasteiger charge is -2.14. The van der Waals surface area contributed by atoms with Crippen molar-refractivity contribution in [3.05, 3.63) is 23.2 Å². The number of rotatable bonds is 9. The van der Waals surface area contributed by atoms with Gasteiger partial charge in [0.05, 0.1) is 19.3 Å². The van der Waals surface area contributed by atoms with Crippen LogP contribution >= 0.6 is 0 Å². The largest absolute Gasteiger partial charge is 0.465 e. The van der Waals surface area contributed by atoms with E-state index in [9.17, 15) is 0 Å². The summed E-state index contributed by atoms with van der Waals surface area (Å²) in [6.45, 7) is 13.2. The van der Waals surface area contributed by atoms with Crippen LogP contribution in [0.5, 0.6) is 0 Å². The molecule has 0 aliphatic heterocycles. The maximum absolute atomic E-state index is 5.88. The van der Waals surface area contributed by atoms with Crippen molar-refractivity contribution in [2.24, 2.45) is 5.92 Å². The lowest BCUT2D eigenvalue weighted by Crippen LogP contribution is -2.13. The first-order valence-electron chi connectivity index (χ1n) is 7.43. The summed E-state index contributed by atoms with van der Waals surface area (Å²) >= 11 is 0. The van der Waals surface area contributed by atoms with Gasteiger partial charge in [-0.15, -0.1) is 0 Å². The Labute approximate surface area is 117 Å². The second kappa shape index (κ2) is 8.39. The van der Waals surface area contributed by atoms with Crippen LogP contribution in [0.2, 0.25) is 0 Å². The average Bonchev–Trinajstić information content (AvgIpc) is 2.67. The molecule has 0 bridgehead atoms. The van der Waals surface area contributed by atoms with Gasteiger partial charge in [-0.2, -0.15) is 0 Å². The average molecular weight is 267 g/mol. The molecule has 110 valence electrons. The van der Waals surface area contributed by atoms with E-state index in [4.69, 9.17) is 9.15 Å². The van der Waals surface area contributed by atoms with Gasteiger partial charge in [-0.25, -0.2) is 0 Å². The summed E-state index contributed by atoms with van der Waals surface area (Å²) in [4.78, 5) is 0. The van der Waals surface area contributed by atoms with Crippen LogP contribution in [0.25, 0.3) is 0 Å².